The molecule has 1 heteroatoms. The highest BCUT2D eigenvalue weighted by atomic mass is 19.1. The first-order valence-electron chi connectivity index (χ1n) is 5.48. The van der Waals surface area contributed by atoms with Gasteiger partial charge in [-0.1, -0.05) is 55.0 Å². The summed E-state index contributed by atoms with van der Waals surface area (Å²) in [6.45, 7) is 4.13. The summed E-state index contributed by atoms with van der Waals surface area (Å²) in [5.41, 5.74) is 2.50. The summed E-state index contributed by atoms with van der Waals surface area (Å²) in [7, 11) is 0. The molecular formula is C15H17F. The average Bonchev–Trinajstić information content (AvgIpc) is 2.32. The maximum Gasteiger partial charge on any atom is 0.123 e. The molecule has 0 bridgehead atoms. The molecule has 84 valence electrons. The Morgan fingerprint density at radius 3 is 1.81 bits per heavy atom. The van der Waals surface area contributed by atoms with Crippen molar-refractivity contribution >= 4 is 0 Å². The predicted molar refractivity (Wildman–Crippen MR) is 67.0 cm³/mol. The molecule has 0 saturated heterocycles. The lowest BCUT2D eigenvalue weighted by Gasteiger charge is -1.92. The van der Waals surface area contributed by atoms with Gasteiger partial charge in [0.2, 0.25) is 0 Å². The van der Waals surface area contributed by atoms with Gasteiger partial charge >= 0.3 is 0 Å². The largest absolute Gasteiger partial charge is 0.207 e. The Labute approximate surface area is 96.8 Å². The van der Waals surface area contributed by atoms with Crippen molar-refractivity contribution in [3.05, 3.63) is 71.5 Å². The van der Waals surface area contributed by atoms with E-state index in [1.807, 2.05) is 25.1 Å². The van der Waals surface area contributed by atoms with Gasteiger partial charge in [0.15, 0.2) is 0 Å². The molecule has 2 aromatic carbocycles. The number of rotatable bonds is 1. The zero-order valence-corrected chi connectivity index (χ0v) is 9.78. The predicted octanol–water partition coefficient (Wildman–Crippen LogP) is 4.38. The van der Waals surface area contributed by atoms with Gasteiger partial charge < -0.3 is 0 Å². The number of hydrogen-bond acceptors (Lipinski definition) is 0. The van der Waals surface area contributed by atoms with Gasteiger partial charge in [0.05, 0.1) is 0 Å². The molecule has 0 aliphatic rings. The van der Waals surface area contributed by atoms with Crippen molar-refractivity contribution in [2.45, 2.75) is 20.3 Å². The van der Waals surface area contributed by atoms with Crippen molar-refractivity contribution in [1.29, 1.82) is 0 Å². The number of hydrogen-bond donors (Lipinski definition) is 0. The van der Waals surface area contributed by atoms with Crippen molar-refractivity contribution in [3.8, 4) is 0 Å². The minimum absolute atomic E-state index is 0.160. The normalized spacial score (nSPS) is 9.19. The summed E-state index contributed by atoms with van der Waals surface area (Å²) in [5.74, 6) is -0.160. The van der Waals surface area contributed by atoms with Gasteiger partial charge in [0.1, 0.15) is 5.82 Å². The highest BCUT2D eigenvalue weighted by molar-refractivity contribution is 5.15. The lowest BCUT2D eigenvalue weighted by molar-refractivity contribution is 0.627. The first-order chi connectivity index (χ1) is 7.72. The topological polar surface area (TPSA) is 0 Å². The van der Waals surface area contributed by atoms with Crippen LogP contribution in [0, 0.1) is 12.7 Å². The molecule has 0 aliphatic heterocycles. The quantitative estimate of drug-likeness (QED) is 0.663. The number of halogens is 1. The molecule has 0 nitrogen and oxygen atoms in total. The van der Waals surface area contributed by atoms with E-state index in [2.05, 4.69) is 19.1 Å². The zero-order chi connectivity index (χ0) is 11.8. The molecule has 0 N–H and O–H groups in total. The Kier molecular flexibility index (Phi) is 5.27. The molecule has 0 radical (unpaired) electrons. The summed E-state index contributed by atoms with van der Waals surface area (Å²) in [4.78, 5) is 0. The van der Waals surface area contributed by atoms with Crippen molar-refractivity contribution in [3.63, 3.8) is 0 Å². The molecule has 0 aliphatic carbocycles. The van der Waals surface area contributed by atoms with E-state index in [1.54, 1.807) is 12.1 Å². The van der Waals surface area contributed by atoms with E-state index in [-0.39, 0.29) is 5.82 Å². The second kappa shape index (κ2) is 6.78. The maximum atomic E-state index is 12.2. The molecule has 0 atom stereocenters. The second-order valence-electron chi connectivity index (χ2n) is 3.63. The van der Waals surface area contributed by atoms with Gasteiger partial charge in [-0.05, 0) is 31.0 Å². The fourth-order valence-corrected chi connectivity index (χ4v) is 1.25. The summed E-state index contributed by atoms with van der Waals surface area (Å²) in [6, 6.07) is 16.8. The minimum Gasteiger partial charge on any atom is -0.207 e. The molecule has 0 amide bonds. The molecule has 2 aromatic rings. The minimum atomic E-state index is -0.160. The summed E-state index contributed by atoms with van der Waals surface area (Å²) in [6.07, 6.45) is 0.972. The number of aryl methyl sites for hydroxylation is 2. The lowest BCUT2D eigenvalue weighted by Crippen LogP contribution is -1.78. The Balaban J connectivity index is 0.000000165. The van der Waals surface area contributed by atoms with E-state index < -0.39 is 0 Å². The van der Waals surface area contributed by atoms with Crippen molar-refractivity contribution in [1.82, 2.24) is 0 Å². The standard InChI is InChI=1S/C8H9F.C7H8/c1-2-7-3-5-8(9)6-4-7;1-7-5-3-2-4-6-7/h3-6H,2H2,1H3;2-6H,1H3. The van der Waals surface area contributed by atoms with Crippen LogP contribution in [0.1, 0.15) is 18.1 Å². The van der Waals surface area contributed by atoms with Crippen LogP contribution >= 0.6 is 0 Å². The van der Waals surface area contributed by atoms with Crippen LogP contribution in [0.3, 0.4) is 0 Å². The van der Waals surface area contributed by atoms with Crippen LogP contribution in [0.15, 0.2) is 54.6 Å². The first-order valence-corrected chi connectivity index (χ1v) is 5.48. The molecule has 0 heterocycles. The molecule has 0 unspecified atom stereocenters. The third-order valence-corrected chi connectivity index (χ3v) is 2.26. The molecule has 0 fully saturated rings. The van der Waals surface area contributed by atoms with Gasteiger partial charge in [-0.25, -0.2) is 4.39 Å². The van der Waals surface area contributed by atoms with Crippen LogP contribution < -0.4 is 0 Å². The monoisotopic (exact) mass is 216 g/mol. The molecule has 0 spiro atoms. The van der Waals surface area contributed by atoms with E-state index in [1.165, 1.54) is 23.3 Å². The van der Waals surface area contributed by atoms with E-state index in [0.717, 1.165) is 6.42 Å². The Morgan fingerprint density at radius 2 is 1.44 bits per heavy atom. The lowest BCUT2D eigenvalue weighted by atomic mass is 10.2. The molecular weight excluding hydrogens is 199 g/mol. The van der Waals surface area contributed by atoms with E-state index in [4.69, 9.17) is 0 Å². The van der Waals surface area contributed by atoms with Crippen LogP contribution in [0.4, 0.5) is 4.39 Å². The molecule has 0 aromatic heterocycles. The smallest absolute Gasteiger partial charge is 0.123 e. The number of benzene rings is 2. The van der Waals surface area contributed by atoms with Crippen LogP contribution in [0.5, 0.6) is 0 Å². The summed E-state index contributed by atoms with van der Waals surface area (Å²) in [5, 5.41) is 0. The Bertz CT molecular complexity index is 390. The van der Waals surface area contributed by atoms with Gasteiger partial charge in [-0.2, -0.15) is 0 Å². The third-order valence-electron chi connectivity index (χ3n) is 2.26. The van der Waals surface area contributed by atoms with Crippen LogP contribution in [0.25, 0.3) is 0 Å². The van der Waals surface area contributed by atoms with E-state index >= 15 is 0 Å². The molecule has 2 rings (SSSR count). The highest BCUT2D eigenvalue weighted by Gasteiger charge is 1.87. The average molecular weight is 216 g/mol. The van der Waals surface area contributed by atoms with Gasteiger partial charge in [0.25, 0.3) is 0 Å². The molecule has 16 heavy (non-hydrogen) atoms. The highest BCUT2D eigenvalue weighted by Crippen LogP contribution is 2.01. The van der Waals surface area contributed by atoms with Crippen LogP contribution in [0.2, 0.25) is 0 Å². The fourth-order valence-electron chi connectivity index (χ4n) is 1.25. The second-order valence-corrected chi connectivity index (χ2v) is 3.63. The van der Waals surface area contributed by atoms with Gasteiger partial charge in [-0.3, -0.25) is 0 Å². The Morgan fingerprint density at radius 1 is 0.875 bits per heavy atom. The van der Waals surface area contributed by atoms with Crippen molar-refractivity contribution in [2.75, 3.05) is 0 Å². The first kappa shape index (κ1) is 12.4. The van der Waals surface area contributed by atoms with Crippen molar-refractivity contribution < 1.29 is 4.39 Å². The zero-order valence-electron chi connectivity index (χ0n) is 9.78. The van der Waals surface area contributed by atoms with Crippen molar-refractivity contribution in [2.24, 2.45) is 0 Å². The Hall–Kier alpha value is -1.63. The van der Waals surface area contributed by atoms with E-state index in [9.17, 15) is 4.39 Å². The summed E-state index contributed by atoms with van der Waals surface area (Å²) >= 11 is 0. The summed E-state index contributed by atoms with van der Waals surface area (Å²) < 4.78 is 12.2. The van der Waals surface area contributed by atoms with Crippen LogP contribution in [-0.2, 0) is 6.42 Å². The molecule has 0 saturated carbocycles. The van der Waals surface area contributed by atoms with Crippen LogP contribution in [-0.4, -0.2) is 0 Å². The SMILES string of the molecule is CCc1ccc(F)cc1.Cc1ccccc1. The van der Waals surface area contributed by atoms with Gasteiger partial charge in [0, 0.05) is 0 Å². The fraction of sp³-hybridized carbons (Fsp3) is 0.200. The van der Waals surface area contributed by atoms with E-state index in [0.29, 0.717) is 0 Å². The third kappa shape index (κ3) is 4.74. The van der Waals surface area contributed by atoms with Gasteiger partial charge in [-0.15, -0.1) is 0 Å². The maximum absolute atomic E-state index is 12.2.